The van der Waals surface area contributed by atoms with E-state index in [1.165, 1.54) is 49.4 Å². The summed E-state index contributed by atoms with van der Waals surface area (Å²) in [5.41, 5.74) is 0.862. The van der Waals surface area contributed by atoms with Crippen LogP contribution in [0, 0.1) is 0 Å². The zero-order valence-electron chi connectivity index (χ0n) is 29.2. The average molecular weight is 787 g/mol. The number of carbonyl (C=O) groups excluding carboxylic acids is 1. The molecule has 20 heteroatoms. The summed E-state index contributed by atoms with van der Waals surface area (Å²) in [5.74, 6) is -2.44. The second-order valence-corrected chi connectivity index (χ2v) is 13.3. The molecule has 12 N–H and O–H groups in total. The third-order valence-electron chi connectivity index (χ3n) is 9.37. The molecule has 0 unspecified atom stereocenters. The highest BCUT2D eigenvalue weighted by molar-refractivity contribution is 5.87. The number of esters is 1. The molecule has 5 rings (SSSR count). The summed E-state index contributed by atoms with van der Waals surface area (Å²) in [4.78, 5) is 12.6. The molecule has 0 saturated carbocycles. The van der Waals surface area contributed by atoms with Gasteiger partial charge in [0.25, 0.3) is 0 Å². The van der Waals surface area contributed by atoms with Gasteiger partial charge in [0.2, 0.25) is 0 Å². The van der Waals surface area contributed by atoms with Gasteiger partial charge in [0.1, 0.15) is 73.8 Å². The van der Waals surface area contributed by atoms with Crippen LogP contribution in [0.5, 0.6) is 23.0 Å². The minimum Gasteiger partial charge on any atom is -0.504 e. The molecular formula is C35H46O20. The van der Waals surface area contributed by atoms with E-state index in [1.807, 2.05) is 0 Å². The normalized spacial score (nSPS) is 36.9. The van der Waals surface area contributed by atoms with Gasteiger partial charge in [-0.05, 0) is 54.8 Å². The van der Waals surface area contributed by atoms with Gasteiger partial charge in [0.05, 0.1) is 19.3 Å². The van der Waals surface area contributed by atoms with Crippen molar-refractivity contribution in [2.45, 2.75) is 105 Å². The molecule has 2 aromatic carbocycles. The Morgan fingerprint density at radius 2 is 1.33 bits per heavy atom. The first-order valence-electron chi connectivity index (χ1n) is 17.2. The van der Waals surface area contributed by atoms with Gasteiger partial charge in [0, 0.05) is 6.08 Å². The molecule has 2 aromatic rings. The average Bonchev–Trinajstić information content (AvgIpc) is 3.16. The number of phenolic OH excluding ortho intramolecular Hbond substituents is 4. The number of rotatable bonds is 13. The van der Waals surface area contributed by atoms with Crippen molar-refractivity contribution in [3.05, 3.63) is 53.6 Å². The van der Waals surface area contributed by atoms with Crippen LogP contribution in [0.2, 0.25) is 0 Å². The number of hydrogen-bond donors (Lipinski definition) is 12. The van der Waals surface area contributed by atoms with Crippen LogP contribution in [-0.2, 0) is 44.4 Å². The molecule has 20 nitrogen and oxygen atoms in total. The van der Waals surface area contributed by atoms with Crippen molar-refractivity contribution in [1.82, 2.24) is 0 Å². The van der Waals surface area contributed by atoms with Gasteiger partial charge in [-0.25, -0.2) is 4.79 Å². The molecule has 0 aromatic heterocycles. The first kappa shape index (κ1) is 42.4. The lowest BCUT2D eigenvalue weighted by molar-refractivity contribution is -0.386. The van der Waals surface area contributed by atoms with Crippen molar-refractivity contribution in [3.63, 3.8) is 0 Å². The van der Waals surface area contributed by atoms with Gasteiger partial charge in [-0.1, -0.05) is 12.1 Å². The van der Waals surface area contributed by atoms with E-state index >= 15 is 0 Å². The number of phenols is 4. The highest BCUT2D eigenvalue weighted by Gasteiger charge is 2.53. The van der Waals surface area contributed by atoms with Crippen LogP contribution in [0.3, 0.4) is 0 Å². The molecule has 306 valence electrons. The van der Waals surface area contributed by atoms with Crippen molar-refractivity contribution >= 4 is 12.0 Å². The van der Waals surface area contributed by atoms with Gasteiger partial charge < -0.3 is 94.4 Å². The fourth-order valence-electron chi connectivity index (χ4n) is 6.12. The van der Waals surface area contributed by atoms with E-state index in [0.717, 1.165) is 6.08 Å². The topological polar surface area (TPSA) is 324 Å². The molecule has 0 aliphatic carbocycles. The van der Waals surface area contributed by atoms with Crippen LogP contribution < -0.4 is 0 Å². The molecule has 3 fully saturated rings. The number of hydrogen-bond acceptors (Lipinski definition) is 20. The Balaban J connectivity index is 1.34. The van der Waals surface area contributed by atoms with Crippen molar-refractivity contribution in [2.24, 2.45) is 0 Å². The fourth-order valence-corrected chi connectivity index (χ4v) is 6.12. The number of ether oxygens (including phenoxy) is 7. The van der Waals surface area contributed by atoms with E-state index in [2.05, 4.69) is 0 Å². The van der Waals surface area contributed by atoms with Crippen molar-refractivity contribution in [3.8, 4) is 23.0 Å². The van der Waals surface area contributed by atoms with Gasteiger partial charge in [-0.15, -0.1) is 0 Å². The summed E-state index contributed by atoms with van der Waals surface area (Å²) in [5, 5.41) is 124. The van der Waals surface area contributed by atoms with Crippen LogP contribution in [0.4, 0.5) is 0 Å². The predicted molar refractivity (Wildman–Crippen MR) is 180 cm³/mol. The Hall–Kier alpha value is -3.71. The molecule has 55 heavy (non-hydrogen) atoms. The molecule has 15 atom stereocenters. The molecule has 3 aliphatic rings. The molecule has 0 amide bonds. The van der Waals surface area contributed by atoms with E-state index in [9.17, 15) is 66.1 Å². The first-order chi connectivity index (χ1) is 26.1. The van der Waals surface area contributed by atoms with Gasteiger partial charge in [-0.2, -0.15) is 0 Å². The number of aromatic hydroxyl groups is 4. The Labute approximate surface area is 313 Å². The van der Waals surface area contributed by atoms with Crippen molar-refractivity contribution in [2.75, 3.05) is 19.8 Å². The monoisotopic (exact) mass is 786 g/mol. The van der Waals surface area contributed by atoms with E-state index < -0.39 is 117 Å². The standard InChI is InChI=1S/C35H46O20/c1-14-24(42)28(46)32(55-34-29(47)27(45)25(43)21(12-36)52-34)35(51-14)54-31-26(44)22(13-50-23(41)7-4-15-2-5-17(37)19(39)10-15)53-33(30(31)48)49-9-8-16-3-6-18(38)20(40)11-16/h2-7,10-11,14,21-22,24-40,42-48H,8-9,12-13H2,1H3/b7-4+/t14-,21+,22+,24-,25-,26+,27-,28+,29+,30+,31-,32+,33+,34-,35-/m0/s1. The summed E-state index contributed by atoms with van der Waals surface area (Å²) in [6.45, 7) is -0.231. The molecular weight excluding hydrogens is 740 g/mol. The summed E-state index contributed by atoms with van der Waals surface area (Å²) in [6, 6.07) is 7.88. The van der Waals surface area contributed by atoms with Crippen LogP contribution in [0.15, 0.2) is 42.5 Å². The van der Waals surface area contributed by atoms with Gasteiger partial charge in [0.15, 0.2) is 41.9 Å². The summed E-state index contributed by atoms with van der Waals surface area (Å²) in [7, 11) is 0. The van der Waals surface area contributed by atoms with E-state index in [0.29, 0.717) is 11.1 Å². The second kappa shape index (κ2) is 18.5. The minimum absolute atomic E-state index is 0.133. The number of benzene rings is 2. The number of carbonyl (C=O) groups is 1. The molecule has 0 spiro atoms. The summed E-state index contributed by atoms with van der Waals surface area (Å²) in [6.07, 6.45) is -22.9. The minimum atomic E-state index is -1.93. The summed E-state index contributed by atoms with van der Waals surface area (Å²) >= 11 is 0. The summed E-state index contributed by atoms with van der Waals surface area (Å²) < 4.78 is 39.6. The Morgan fingerprint density at radius 1 is 0.673 bits per heavy atom. The van der Waals surface area contributed by atoms with E-state index in [-0.39, 0.29) is 30.3 Å². The van der Waals surface area contributed by atoms with Crippen LogP contribution >= 0.6 is 0 Å². The Morgan fingerprint density at radius 3 is 2.00 bits per heavy atom. The van der Waals surface area contributed by atoms with E-state index in [1.54, 1.807) is 0 Å². The molecule has 3 aliphatic heterocycles. The second-order valence-electron chi connectivity index (χ2n) is 13.3. The SMILES string of the molecule is C[C@@H]1O[C@@H](O[C@@H]2[C@@H](O)[C@H](OCCc3ccc(O)c(O)c3)O[C@H](COC(=O)/C=C/c3ccc(O)c(O)c3)[C@H]2O)[C@H](O[C@@H]2O[C@H](CO)[C@H](O)[C@H](O)[C@H]2O)[C@H](O)[C@H]1O. The fraction of sp³-hybridized carbons (Fsp3) is 0.571. The maximum atomic E-state index is 12.6. The Kier molecular flexibility index (Phi) is 14.3. The van der Waals surface area contributed by atoms with Crippen LogP contribution in [0.1, 0.15) is 18.1 Å². The molecule has 3 heterocycles. The molecule has 0 radical (unpaired) electrons. The van der Waals surface area contributed by atoms with Crippen LogP contribution in [-0.4, -0.2) is 179 Å². The largest absolute Gasteiger partial charge is 0.504 e. The third kappa shape index (κ3) is 10.0. The number of aliphatic hydroxyl groups excluding tert-OH is 8. The third-order valence-corrected chi connectivity index (χ3v) is 9.37. The van der Waals surface area contributed by atoms with E-state index in [4.69, 9.17) is 33.2 Å². The lowest BCUT2D eigenvalue weighted by atomic mass is 9.96. The number of aliphatic hydroxyl groups is 8. The quantitative estimate of drug-likeness (QED) is 0.0541. The molecule has 3 saturated heterocycles. The van der Waals surface area contributed by atoms with Crippen LogP contribution in [0.25, 0.3) is 6.08 Å². The van der Waals surface area contributed by atoms with Crippen molar-refractivity contribution in [1.29, 1.82) is 0 Å². The zero-order valence-corrected chi connectivity index (χ0v) is 29.2. The van der Waals surface area contributed by atoms with Crippen molar-refractivity contribution < 1.29 is 99.2 Å². The smallest absolute Gasteiger partial charge is 0.330 e. The first-order valence-corrected chi connectivity index (χ1v) is 17.2. The lowest BCUT2D eigenvalue weighted by Gasteiger charge is -2.48. The van der Waals surface area contributed by atoms with Gasteiger partial charge >= 0.3 is 5.97 Å². The lowest BCUT2D eigenvalue weighted by Crippen LogP contribution is -2.66. The maximum absolute atomic E-state index is 12.6. The highest BCUT2D eigenvalue weighted by Crippen LogP contribution is 2.34. The maximum Gasteiger partial charge on any atom is 0.330 e. The molecule has 0 bridgehead atoms. The van der Waals surface area contributed by atoms with Gasteiger partial charge in [-0.3, -0.25) is 0 Å². The predicted octanol–water partition coefficient (Wildman–Crippen LogP) is -3.19. The highest BCUT2D eigenvalue weighted by atomic mass is 16.8. The Bertz CT molecular complexity index is 1610. The zero-order chi connectivity index (χ0) is 40.1.